The van der Waals surface area contributed by atoms with Crippen LogP contribution in [0.25, 0.3) is 0 Å². The molecule has 1 N–H and O–H groups in total. The van der Waals surface area contributed by atoms with Gasteiger partial charge in [0.25, 0.3) is 10.0 Å². The van der Waals surface area contributed by atoms with E-state index in [1.807, 2.05) is 52.0 Å². The fourth-order valence-electron chi connectivity index (χ4n) is 4.77. The van der Waals surface area contributed by atoms with Crippen molar-refractivity contribution in [3.05, 3.63) is 89.0 Å². The smallest absolute Gasteiger partial charge is 0.264 e. The van der Waals surface area contributed by atoms with Gasteiger partial charge in [0, 0.05) is 18.8 Å². The first-order valence-electron chi connectivity index (χ1n) is 13.4. The number of sulfonamides is 1. The van der Waals surface area contributed by atoms with Crippen molar-refractivity contribution in [2.24, 2.45) is 5.92 Å². The number of nitrogens with one attached hydrogen (secondary N) is 1. The molecule has 0 bridgehead atoms. The van der Waals surface area contributed by atoms with Crippen molar-refractivity contribution >= 4 is 27.3 Å². The zero-order valence-electron chi connectivity index (χ0n) is 23.1. The molecule has 0 spiro atoms. The molecule has 6 nitrogen and oxygen atoms in total. The SMILES string of the molecule is Cc1ccc(S(=O)(=O)N(CC(=O)NC(C)c2ccc(N3CCC(C)CC3)cc2)c2ccc(C)c(C)c2)cc1. The maximum absolute atomic E-state index is 13.7. The Labute approximate surface area is 227 Å². The van der Waals surface area contributed by atoms with E-state index >= 15 is 0 Å². The minimum Gasteiger partial charge on any atom is -0.372 e. The van der Waals surface area contributed by atoms with E-state index in [1.54, 1.807) is 30.3 Å². The van der Waals surface area contributed by atoms with Crippen LogP contribution >= 0.6 is 0 Å². The molecule has 1 saturated heterocycles. The number of piperidine rings is 1. The fraction of sp³-hybridized carbons (Fsp3) is 0.387. The van der Waals surface area contributed by atoms with Crippen LogP contribution in [0, 0.1) is 26.7 Å². The van der Waals surface area contributed by atoms with Gasteiger partial charge in [-0.15, -0.1) is 0 Å². The number of benzene rings is 3. The third-order valence-corrected chi connectivity index (χ3v) is 9.38. The van der Waals surface area contributed by atoms with E-state index in [0.29, 0.717) is 5.69 Å². The molecule has 0 radical (unpaired) electrons. The predicted molar refractivity (Wildman–Crippen MR) is 155 cm³/mol. The van der Waals surface area contributed by atoms with Crippen LogP contribution in [0.15, 0.2) is 71.6 Å². The molecule has 0 saturated carbocycles. The van der Waals surface area contributed by atoms with Crippen molar-refractivity contribution in [2.45, 2.75) is 58.4 Å². The molecule has 1 atom stereocenters. The Kier molecular flexibility index (Phi) is 8.46. The monoisotopic (exact) mass is 533 g/mol. The van der Waals surface area contributed by atoms with Crippen molar-refractivity contribution in [3.63, 3.8) is 0 Å². The number of anilines is 2. The molecule has 1 aliphatic rings. The van der Waals surface area contributed by atoms with Crippen molar-refractivity contribution in [3.8, 4) is 0 Å². The lowest BCUT2D eigenvalue weighted by atomic mass is 9.98. The van der Waals surface area contributed by atoms with Crippen LogP contribution in [0.3, 0.4) is 0 Å². The lowest BCUT2D eigenvalue weighted by Gasteiger charge is -2.32. The number of rotatable bonds is 8. The third-order valence-electron chi connectivity index (χ3n) is 7.59. The van der Waals surface area contributed by atoms with E-state index in [9.17, 15) is 13.2 Å². The Bertz CT molecular complexity index is 1360. The number of amides is 1. The van der Waals surface area contributed by atoms with Crippen LogP contribution < -0.4 is 14.5 Å². The number of aryl methyl sites for hydroxylation is 3. The normalized spacial score (nSPS) is 15.2. The van der Waals surface area contributed by atoms with Gasteiger partial charge in [-0.25, -0.2) is 8.42 Å². The molecule has 1 aliphatic heterocycles. The van der Waals surface area contributed by atoms with E-state index in [-0.39, 0.29) is 23.4 Å². The number of carbonyl (C=O) groups excluding carboxylic acids is 1. The molecule has 4 rings (SSSR count). The van der Waals surface area contributed by atoms with Crippen LogP contribution in [-0.4, -0.2) is 34.0 Å². The zero-order valence-corrected chi connectivity index (χ0v) is 23.9. The maximum Gasteiger partial charge on any atom is 0.264 e. The minimum absolute atomic E-state index is 0.157. The van der Waals surface area contributed by atoms with Gasteiger partial charge in [0.1, 0.15) is 6.54 Å². The first kappa shape index (κ1) is 27.7. The van der Waals surface area contributed by atoms with Gasteiger partial charge in [-0.05, 0) is 99.5 Å². The van der Waals surface area contributed by atoms with Crippen LogP contribution in [0.4, 0.5) is 11.4 Å². The highest BCUT2D eigenvalue weighted by molar-refractivity contribution is 7.92. The largest absolute Gasteiger partial charge is 0.372 e. The third kappa shape index (κ3) is 6.38. The summed E-state index contributed by atoms with van der Waals surface area (Å²) in [5.41, 5.74) is 5.63. The Balaban J connectivity index is 1.51. The first-order valence-corrected chi connectivity index (χ1v) is 14.8. The Morgan fingerprint density at radius 2 is 1.58 bits per heavy atom. The average molecular weight is 534 g/mol. The second-order valence-electron chi connectivity index (χ2n) is 10.6. The molecule has 202 valence electrons. The molecule has 3 aromatic carbocycles. The van der Waals surface area contributed by atoms with Gasteiger partial charge in [-0.2, -0.15) is 0 Å². The highest BCUT2D eigenvalue weighted by Gasteiger charge is 2.28. The van der Waals surface area contributed by atoms with Gasteiger partial charge in [-0.3, -0.25) is 9.10 Å². The van der Waals surface area contributed by atoms with Crippen molar-refractivity contribution < 1.29 is 13.2 Å². The van der Waals surface area contributed by atoms with Gasteiger partial charge in [0.2, 0.25) is 5.91 Å². The van der Waals surface area contributed by atoms with Gasteiger partial charge in [0.15, 0.2) is 0 Å². The molecule has 0 aromatic heterocycles. The summed E-state index contributed by atoms with van der Waals surface area (Å²) in [7, 11) is -3.95. The molecule has 1 unspecified atom stereocenters. The van der Waals surface area contributed by atoms with Crippen molar-refractivity contribution in [2.75, 3.05) is 28.8 Å². The summed E-state index contributed by atoms with van der Waals surface area (Å²) in [5, 5.41) is 3.00. The van der Waals surface area contributed by atoms with E-state index in [1.165, 1.54) is 22.8 Å². The van der Waals surface area contributed by atoms with Crippen molar-refractivity contribution in [1.82, 2.24) is 5.32 Å². The molecule has 1 heterocycles. The number of hydrogen-bond acceptors (Lipinski definition) is 4. The van der Waals surface area contributed by atoms with E-state index in [4.69, 9.17) is 0 Å². The standard InChI is InChI=1S/C31H39N3O3S/c1-22-6-14-30(15-7-22)38(36,37)34(29-11-8-24(3)25(4)20-29)21-31(35)32-26(5)27-9-12-28(13-10-27)33-18-16-23(2)17-19-33/h6-15,20,23,26H,16-19,21H2,1-5H3,(H,32,35). The lowest BCUT2D eigenvalue weighted by molar-refractivity contribution is -0.120. The van der Waals surface area contributed by atoms with Crippen molar-refractivity contribution in [1.29, 1.82) is 0 Å². The summed E-state index contributed by atoms with van der Waals surface area (Å²) in [6.45, 7) is 11.9. The summed E-state index contributed by atoms with van der Waals surface area (Å²) in [5.74, 6) is 0.416. The van der Waals surface area contributed by atoms with Gasteiger partial charge in [0.05, 0.1) is 16.6 Å². The Hall–Kier alpha value is -3.32. The molecular weight excluding hydrogens is 494 g/mol. The molecular formula is C31H39N3O3S. The van der Waals surface area contributed by atoms with Crippen LogP contribution in [0.1, 0.15) is 55.0 Å². The highest BCUT2D eigenvalue weighted by Crippen LogP contribution is 2.27. The second kappa shape index (κ2) is 11.6. The molecule has 7 heteroatoms. The second-order valence-corrected chi connectivity index (χ2v) is 12.5. The predicted octanol–water partition coefficient (Wildman–Crippen LogP) is 5.92. The summed E-state index contributed by atoms with van der Waals surface area (Å²) in [6.07, 6.45) is 2.41. The topological polar surface area (TPSA) is 69.7 Å². The lowest BCUT2D eigenvalue weighted by Crippen LogP contribution is -2.41. The summed E-state index contributed by atoms with van der Waals surface area (Å²) in [4.78, 5) is 15.8. The molecule has 3 aromatic rings. The molecule has 38 heavy (non-hydrogen) atoms. The zero-order chi connectivity index (χ0) is 27.4. The van der Waals surface area contributed by atoms with E-state index in [0.717, 1.165) is 41.3 Å². The summed E-state index contributed by atoms with van der Waals surface area (Å²) in [6, 6.07) is 20.2. The van der Waals surface area contributed by atoms with Gasteiger partial charge in [-0.1, -0.05) is 42.8 Å². The fourth-order valence-corrected chi connectivity index (χ4v) is 6.19. The van der Waals surface area contributed by atoms with Crippen LogP contribution in [0.2, 0.25) is 0 Å². The first-order chi connectivity index (χ1) is 18.0. The maximum atomic E-state index is 13.7. The quantitative estimate of drug-likeness (QED) is 0.390. The number of carbonyl (C=O) groups is 1. The number of hydrogen-bond donors (Lipinski definition) is 1. The molecule has 1 fully saturated rings. The average Bonchev–Trinajstić information content (AvgIpc) is 2.89. The summed E-state index contributed by atoms with van der Waals surface area (Å²) >= 11 is 0. The van der Waals surface area contributed by atoms with E-state index < -0.39 is 10.0 Å². The van der Waals surface area contributed by atoms with E-state index in [2.05, 4.69) is 29.3 Å². The Morgan fingerprint density at radius 3 is 2.18 bits per heavy atom. The van der Waals surface area contributed by atoms with Gasteiger partial charge < -0.3 is 10.2 Å². The molecule has 1 amide bonds. The number of nitrogens with zero attached hydrogens (tertiary/aromatic N) is 2. The summed E-state index contributed by atoms with van der Waals surface area (Å²) < 4.78 is 28.6. The molecule has 0 aliphatic carbocycles. The Morgan fingerprint density at radius 1 is 0.947 bits per heavy atom. The van der Waals surface area contributed by atoms with Gasteiger partial charge >= 0.3 is 0 Å². The minimum atomic E-state index is -3.95. The van der Waals surface area contributed by atoms with Crippen LogP contribution in [0.5, 0.6) is 0 Å². The highest BCUT2D eigenvalue weighted by atomic mass is 32.2. The van der Waals surface area contributed by atoms with Crippen LogP contribution in [-0.2, 0) is 14.8 Å².